The van der Waals surface area contributed by atoms with Crippen LogP contribution in [0.25, 0.3) is 0 Å². The molecule has 3 rings (SSSR count). The second-order valence-electron chi connectivity index (χ2n) is 6.52. The number of rotatable bonds is 2. The van der Waals surface area contributed by atoms with Gasteiger partial charge >= 0.3 is 0 Å². The molecule has 0 spiro atoms. The van der Waals surface area contributed by atoms with Gasteiger partial charge in [0, 0.05) is 19.0 Å². The molecule has 3 saturated carbocycles. The molecule has 96 valence electrons. The first-order valence-electron chi connectivity index (χ1n) is 7.52. The highest BCUT2D eigenvalue weighted by molar-refractivity contribution is 5.79. The first kappa shape index (κ1) is 11.6. The lowest BCUT2D eigenvalue weighted by Gasteiger charge is -2.30. The summed E-state index contributed by atoms with van der Waals surface area (Å²) in [5.41, 5.74) is 0. The van der Waals surface area contributed by atoms with Crippen molar-refractivity contribution < 1.29 is 4.79 Å². The molecule has 3 aliphatic rings. The Hall–Kier alpha value is -0.530. The number of hydrogen-bond acceptors (Lipinski definition) is 1. The Morgan fingerprint density at radius 2 is 1.53 bits per heavy atom. The molecule has 2 heteroatoms. The van der Waals surface area contributed by atoms with Crippen LogP contribution < -0.4 is 0 Å². The van der Waals surface area contributed by atoms with Crippen molar-refractivity contribution in [1.29, 1.82) is 0 Å². The van der Waals surface area contributed by atoms with Crippen LogP contribution in [0, 0.1) is 17.8 Å². The molecule has 0 aromatic rings. The zero-order valence-corrected chi connectivity index (χ0v) is 11.0. The standard InChI is InChI=1S/C15H25NO/c1-16(14-6-4-2-3-5-7-14)15(17)13-9-11-8-12(11)10-13/h11-14H,2-10H2,1H3. The minimum Gasteiger partial charge on any atom is -0.343 e. The van der Waals surface area contributed by atoms with Gasteiger partial charge in [-0.3, -0.25) is 4.79 Å². The molecular weight excluding hydrogens is 210 g/mol. The van der Waals surface area contributed by atoms with Crippen molar-refractivity contribution in [3.63, 3.8) is 0 Å². The second kappa shape index (κ2) is 4.62. The zero-order valence-electron chi connectivity index (χ0n) is 11.0. The molecule has 3 aliphatic carbocycles. The van der Waals surface area contributed by atoms with Gasteiger partial charge in [0.1, 0.15) is 0 Å². The maximum absolute atomic E-state index is 12.4. The fraction of sp³-hybridized carbons (Fsp3) is 0.933. The maximum Gasteiger partial charge on any atom is 0.225 e. The van der Waals surface area contributed by atoms with Gasteiger partial charge in [0.2, 0.25) is 5.91 Å². The third-order valence-electron chi connectivity index (χ3n) is 5.31. The highest BCUT2D eigenvalue weighted by Crippen LogP contribution is 2.54. The van der Waals surface area contributed by atoms with Crippen molar-refractivity contribution in [2.75, 3.05) is 7.05 Å². The Kier molecular flexibility index (Phi) is 3.14. The molecule has 17 heavy (non-hydrogen) atoms. The van der Waals surface area contributed by atoms with E-state index in [0.29, 0.717) is 17.9 Å². The fourth-order valence-electron chi connectivity index (χ4n) is 4.03. The highest BCUT2D eigenvalue weighted by Gasteiger charge is 2.48. The van der Waals surface area contributed by atoms with Gasteiger partial charge in [0.15, 0.2) is 0 Å². The minimum absolute atomic E-state index is 0.381. The van der Waals surface area contributed by atoms with E-state index in [9.17, 15) is 4.79 Å². The molecule has 3 fully saturated rings. The third kappa shape index (κ3) is 2.36. The van der Waals surface area contributed by atoms with Crippen LogP contribution in [0.1, 0.15) is 57.8 Å². The summed E-state index contributed by atoms with van der Waals surface area (Å²) in [6.07, 6.45) is 11.6. The summed E-state index contributed by atoms with van der Waals surface area (Å²) in [6, 6.07) is 0.543. The summed E-state index contributed by atoms with van der Waals surface area (Å²) in [5, 5.41) is 0. The van der Waals surface area contributed by atoms with Gasteiger partial charge in [-0.15, -0.1) is 0 Å². The normalized spacial score (nSPS) is 37.4. The molecule has 2 nitrogen and oxygen atoms in total. The van der Waals surface area contributed by atoms with Gasteiger partial charge in [0.05, 0.1) is 0 Å². The van der Waals surface area contributed by atoms with Crippen LogP contribution in [0.5, 0.6) is 0 Å². The summed E-state index contributed by atoms with van der Waals surface area (Å²) in [4.78, 5) is 14.6. The molecule has 0 aliphatic heterocycles. The largest absolute Gasteiger partial charge is 0.343 e. The first-order chi connectivity index (χ1) is 8.25. The summed E-state index contributed by atoms with van der Waals surface area (Å²) < 4.78 is 0. The van der Waals surface area contributed by atoms with Crippen LogP contribution in [0.4, 0.5) is 0 Å². The number of hydrogen-bond donors (Lipinski definition) is 0. The maximum atomic E-state index is 12.4. The highest BCUT2D eigenvalue weighted by atomic mass is 16.2. The molecule has 1 amide bonds. The van der Waals surface area contributed by atoms with Crippen LogP contribution in [-0.2, 0) is 4.79 Å². The van der Waals surface area contributed by atoms with Crippen LogP contribution in [0.15, 0.2) is 0 Å². The fourth-order valence-corrected chi connectivity index (χ4v) is 4.03. The summed E-state index contributed by atoms with van der Waals surface area (Å²) in [5.74, 6) is 2.69. The Bertz CT molecular complexity index is 283. The topological polar surface area (TPSA) is 20.3 Å². The molecule has 0 radical (unpaired) electrons. The van der Waals surface area contributed by atoms with Crippen molar-refractivity contribution in [3.8, 4) is 0 Å². The Balaban J connectivity index is 1.56. The lowest BCUT2D eigenvalue weighted by Crippen LogP contribution is -2.40. The molecule has 0 aromatic carbocycles. The molecule has 0 saturated heterocycles. The smallest absolute Gasteiger partial charge is 0.225 e. The van der Waals surface area contributed by atoms with E-state index in [1.54, 1.807) is 0 Å². The number of carbonyl (C=O) groups excluding carboxylic acids is 1. The van der Waals surface area contributed by atoms with Gasteiger partial charge in [0.25, 0.3) is 0 Å². The molecule has 0 bridgehead atoms. The van der Waals surface area contributed by atoms with E-state index in [2.05, 4.69) is 11.9 Å². The van der Waals surface area contributed by atoms with Crippen molar-refractivity contribution >= 4 is 5.91 Å². The quantitative estimate of drug-likeness (QED) is 0.673. The lowest BCUT2D eigenvalue weighted by atomic mass is 9.99. The molecule has 2 atom stereocenters. The van der Waals surface area contributed by atoms with E-state index in [0.717, 1.165) is 11.8 Å². The van der Waals surface area contributed by atoms with E-state index in [1.165, 1.54) is 57.8 Å². The number of carbonyl (C=O) groups is 1. The SMILES string of the molecule is CN(C(=O)C1CC2CC2C1)C1CCCCCC1. The van der Waals surface area contributed by atoms with Gasteiger partial charge in [-0.1, -0.05) is 25.7 Å². The third-order valence-corrected chi connectivity index (χ3v) is 5.31. The van der Waals surface area contributed by atoms with Gasteiger partial charge in [-0.25, -0.2) is 0 Å². The van der Waals surface area contributed by atoms with Crippen LogP contribution in [0.2, 0.25) is 0 Å². The Morgan fingerprint density at radius 1 is 0.941 bits per heavy atom. The summed E-state index contributed by atoms with van der Waals surface area (Å²) >= 11 is 0. The van der Waals surface area contributed by atoms with Crippen molar-refractivity contribution in [2.45, 2.75) is 63.8 Å². The van der Waals surface area contributed by atoms with E-state index in [4.69, 9.17) is 0 Å². The van der Waals surface area contributed by atoms with Crippen LogP contribution >= 0.6 is 0 Å². The van der Waals surface area contributed by atoms with Gasteiger partial charge < -0.3 is 4.90 Å². The van der Waals surface area contributed by atoms with Gasteiger partial charge in [-0.05, 0) is 43.9 Å². The first-order valence-corrected chi connectivity index (χ1v) is 7.52. The summed E-state index contributed by atoms with van der Waals surface area (Å²) in [6.45, 7) is 0. The molecule has 0 heterocycles. The van der Waals surface area contributed by atoms with Crippen LogP contribution in [0.3, 0.4) is 0 Å². The molecule has 2 unspecified atom stereocenters. The predicted molar refractivity (Wildman–Crippen MR) is 68.6 cm³/mol. The van der Waals surface area contributed by atoms with Crippen LogP contribution in [-0.4, -0.2) is 23.9 Å². The average molecular weight is 235 g/mol. The van der Waals surface area contributed by atoms with Gasteiger partial charge in [-0.2, -0.15) is 0 Å². The predicted octanol–water partition coefficient (Wildman–Crippen LogP) is 3.21. The lowest BCUT2D eigenvalue weighted by molar-refractivity contribution is -0.136. The molecular formula is C15H25NO. The number of nitrogens with zero attached hydrogens (tertiary/aromatic N) is 1. The number of amides is 1. The minimum atomic E-state index is 0.381. The molecule has 0 N–H and O–H groups in total. The zero-order chi connectivity index (χ0) is 11.8. The monoisotopic (exact) mass is 235 g/mol. The second-order valence-corrected chi connectivity index (χ2v) is 6.52. The van der Waals surface area contributed by atoms with E-state index < -0.39 is 0 Å². The van der Waals surface area contributed by atoms with E-state index in [1.807, 2.05) is 0 Å². The number of fused-ring (bicyclic) bond motifs is 1. The summed E-state index contributed by atoms with van der Waals surface area (Å²) in [7, 11) is 2.06. The Labute approximate surface area is 105 Å². The van der Waals surface area contributed by atoms with Crippen molar-refractivity contribution in [2.24, 2.45) is 17.8 Å². The average Bonchev–Trinajstić information content (AvgIpc) is 3.05. The van der Waals surface area contributed by atoms with E-state index in [-0.39, 0.29) is 0 Å². The van der Waals surface area contributed by atoms with Crippen molar-refractivity contribution in [1.82, 2.24) is 4.90 Å². The molecule has 0 aromatic heterocycles. The van der Waals surface area contributed by atoms with Crippen molar-refractivity contribution in [3.05, 3.63) is 0 Å². The Morgan fingerprint density at radius 3 is 2.12 bits per heavy atom. The van der Waals surface area contributed by atoms with E-state index >= 15 is 0 Å².